The Morgan fingerprint density at radius 2 is 1.97 bits per heavy atom. The second-order valence-corrected chi connectivity index (χ2v) is 9.10. The fourth-order valence-corrected chi connectivity index (χ4v) is 4.74. The van der Waals surface area contributed by atoms with E-state index in [9.17, 15) is 14.4 Å². The number of thioether (sulfide) groups is 1. The van der Waals surface area contributed by atoms with Gasteiger partial charge in [-0.3, -0.25) is 19.3 Å². The maximum atomic E-state index is 13.0. The third-order valence-electron chi connectivity index (χ3n) is 4.34. The van der Waals surface area contributed by atoms with Gasteiger partial charge in [0.05, 0.1) is 9.93 Å². The van der Waals surface area contributed by atoms with E-state index < -0.39 is 5.97 Å². The molecule has 6 nitrogen and oxygen atoms in total. The predicted molar refractivity (Wildman–Crippen MR) is 122 cm³/mol. The Balaban J connectivity index is 1.88. The number of hydrogen-bond donors (Lipinski definition) is 1. The normalized spacial score (nSPS) is 15.3. The predicted octanol–water partition coefficient (Wildman–Crippen LogP) is 4.63. The molecule has 0 saturated carbocycles. The van der Waals surface area contributed by atoms with Crippen molar-refractivity contribution in [2.24, 2.45) is 7.05 Å². The summed E-state index contributed by atoms with van der Waals surface area (Å²) < 4.78 is 2.08. The first-order valence-electron chi connectivity index (χ1n) is 8.80. The number of carboxylic acids is 1. The van der Waals surface area contributed by atoms with Crippen LogP contribution in [-0.2, 0) is 16.6 Å². The number of halogens is 2. The highest BCUT2D eigenvalue weighted by Crippen LogP contribution is 2.34. The number of thiocarbonyl (C=S) groups is 1. The van der Waals surface area contributed by atoms with Crippen molar-refractivity contribution >= 4 is 75.2 Å². The molecule has 0 unspecified atom stereocenters. The highest BCUT2D eigenvalue weighted by atomic mass is 35.5. The first-order valence-corrected chi connectivity index (χ1v) is 10.8. The number of carbonyl (C=O) groups is 3. The lowest BCUT2D eigenvalue weighted by molar-refractivity contribution is -0.137. The molecule has 1 saturated heterocycles. The largest absolute Gasteiger partial charge is 0.481 e. The zero-order valence-electron chi connectivity index (χ0n) is 15.7. The van der Waals surface area contributed by atoms with E-state index in [1.165, 1.54) is 11.0 Å². The minimum atomic E-state index is -0.927. The van der Waals surface area contributed by atoms with Gasteiger partial charge in [-0.2, -0.15) is 0 Å². The van der Waals surface area contributed by atoms with Crippen molar-refractivity contribution in [3.63, 3.8) is 0 Å². The summed E-state index contributed by atoms with van der Waals surface area (Å²) >= 11 is 18.5. The van der Waals surface area contributed by atoms with E-state index in [0.717, 1.165) is 11.8 Å². The smallest absolute Gasteiger partial charge is 0.303 e. The Bertz CT molecular complexity index is 1090. The first kappa shape index (κ1) is 22.6. The van der Waals surface area contributed by atoms with Gasteiger partial charge in [-0.1, -0.05) is 47.2 Å². The molecule has 30 heavy (non-hydrogen) atoms. The molecular formula is C20H16Cl2N2O4S2. The van der Waals surface area contributed by atoms with E-state index >= 15 is 0 Å². The summed E-state index contributed by atoms with van der Waals surface area (Å²) in [6.07, 6.45) is 5.27. The molecule has 0 bridgehead atoms. The molecule has 156 valence electrons. The van der Waals surface area contributed by atoms with E-state index in [1.807, 2.05) is 0 Å². The summed E-state index contributed by atoms with van der Waals surface area (Å²) in [5, 5.41) is 9.45. The average molecular weight is 483 g/mol. The highest BCUT2D eigenvalue weighted by molar-refractivity contribution is 8.26. The van der Waals surface area contributed by atoms with Crippen molar-refractivity contribution in [1.82, 2.24) is 9.47 Å². The molecule has 2 heterocycles. The van der Waals surface area contributed by atoms with Crippen molar-refractivity contribution < 1.29 is 19.5 Å². The molecule has 1 fully saturated rings. The minimum Gasteiger partial charge on any atom is -0.481 e. The Morgan fingerprint density at radius 1 is 1.23 bits per heavy atom. The fourth-order valence-electron chi connectivity index (χ4n) is 2.95. The van der Waals surface area contributed by atoms with Crippen molar-refractivity contribution in [3.8, 4) is 0 Å². The van der Waals surface area contributed by atoms with Crippen LogP contribution in [0.2, 0.25) is 10.0 Å². The van der Waals surface area contributed by atoms with Crippen LogP contribution in [0.5, 0.6) is 0 Å². The molecule has 1 N–H and O–H groups in total. The summed E-state index contributed by atoms with van der Waals surface area (Å²) in [6.45, 7) is 0.231. The summed E-state index contributed by atoms with van der Waals surface area (Å²) in [7, 11) is 1.77. The van der Waals surface area contributed by atoms with E-state index in [0.29, 0.717) is 37.4 Å². The summed E-state index contributed by atoms with van der Waals surface area (Å²) in [5.74, 6) is -1.52. The Hall–Kier alpha value is -2.13. The van der Waals surface area contributed by atoms with Gasteiger partial charge in [0, 0.05) is 54.1 Å². The van der Waals surface area contributed by atoms with E-state index in [-0.39, 0.29) is 29.7 Å². The Labute approximate surface area is 192 Å². The number of carbonyl (C=O) groups excluding carboxylic acids is 2. The average Bonchev–Trinajstić information content (AvgIpc) is 3.15. The zero-order chi connectivity index (χ0) is 22.0. The third-order valence-corrected chi connectivity index (χ3v) is 6.26. The van der Waals surface area contributed by atoms with Crippen molar-refractivity contribution in [3.05, 3.63) is 62.2 Å². The highest BCUT2D eigenvalue weighted by Gasteiger charge is 2.32. The van der Waals surface area contributed by atoms with Gasteiger partial charge in [-0.25, -0.2) is 0 Å². The Morgan fingerprint density at radius 3 is 2.63 bits per heavy atom. The number of aromatic nitrogens is 1. The van der Waals surface area contributed by atoms with Crippen molar-refractivity contribution in [2.75, 3.05) is 6.54 Å². The molecule has 0 spiro atoms. The maximum Gasteiger partial charge on any atom is 0.303 e. The van der Waals surface area contributed by atoms with Gasteiger partial charge in [0.15, 0.2) is 5.78 Å². The second-order valence-electron chi connectivity index (χ2n) is 6.58. The van der Waals surface area contributed by atoms with Crippen LogP contribution in [0.4, 0.5) is 0 Å². The van der Waals surface area contributed by atoms with Crippen molar-refractivity contribution in [2.45, 2.75) is 12.8 Å². The maximum absolute atomic E-state index is 13.0. The SMILES string of the molecule is Cn1cc(/C=C2/SC(=S)N(CCCC(=O)O)C2=O)c(C(=O)c2ccc(Cl)cc2Cl)c1. The van der Waals surface area contributed by atoms with Crippen LogP contribution in [0, 0.1) is 0 Å². The quantitative estimate of drug-likeness (QED) is 0.352. The molecule has 1 amide bonds. The molecule has 0 radical (unpaired) electrons. The molecule has 2 aromatic rings. The molecule has 1 aliphatic heterocycles. The van der Waals surface area contributed by atoms with Crippen molar-refractivity contribution in [1.29, 1.82) is 0 Å². The minimum absolute atomic E-state index is 0.0463. The van der Waals surface area contributed by atoms with Crippen LogP contribution in [-0.4, -0.2) is 43.1 Å². The van der Waals surface area contributed by atoms with Crippen LogP contribution in [0.1, 0.15) is 34.3 Å². The lowest BCUT2D eigenvalue weighted by Crippen LogP contribution is -2.29. The lowest BCUT2D eigenvalue weighted by Gasteiger charge is -2.13. The van der Waals surface area contributed by atoms with E-state index in [4.69, 9.17) is 40.5 Å². The van der Waals surface area contributed by atoms with Gasteiger partial charge in [0.2, 0.25) is 0 Å². The van der Waals surface area contributed by atoms with Crippen LogP contribution in [0.25, 0.3) is 6.08 Å². The van der Waals surface area contributed by atoms with Crippen LogP contribution >= 0.6 is 47.2 Å². The number of aliphatic carboxylic acids is 1. The van der Waals surface area contributed by atoms with Crippen LogP contribution < -0.4 is 0 Å². The van der Waals surface area contributed by atoms with Gasteiger partial charge in [0.1, 0.15) is 4.32 Å². The second kappa shape index (κ2) is 9.34. The van der Waals surface area contributed by atoms with E-state index in [1.54, 1.807) is 42.2 Å². The molecule has 3 rings (SSSR count). The zero-order valence-corrected chi connectivity index (χ0v) is 18.9. The lowest BCUT2D eigenvalue weighted by atomic mass is 10.0. The summed E-state index contributed by atoms with van der Waals surface area (Å²) in [4.78, 5) is 38.2. The molecule has 1 aromatic carbocycles. The van der Waals surface area contributed by atoms with Crippen LogP contribution in [0.3, 0.4) is 0 Å². The van der Waals surface area contributed by atoms with Crippen LogP contribution in [0.15, 0.2) is 35.5 Å². The molecular weight excluding hydrogens is 467 g/mol. The molecule has 10 heteroatoms. The molecule has 0 aliphatic carbocycles. The molecule has 1 aliphatic rings. The monoisotopic (exact) mass is 482 g/mol. The van der Waals surface area contributed by atoms with Gasteiger partial charge < -0.3 is 9.67 Å². The molecule has 0 atom stereocenters. The Kier molecular flexibility index (Phi) is 7.02. The number of carboxylic acid groups (broad SMARTS) is 1. The number of benzene rings is 1. The number of aryl methyl sites for hydroxylation is 1. The topological polar surface area (TPSA) is 79.6 Å². The number of nitrogens with zero attached hydrogens (tertiary/aromatic N) is 2. The van der Waals surface area contributed by atoms with Gasteiger partial charge in [-0.15, -0.1) is 0 Å². The van der Waals surface area contributed by atoms with Gasteiger partial charge in [-0.05, 0) is 30.7 Å². The number of rotatable bonds is 7. The molecule has 1 aromatic heterocycles. The van der Waals surface area contributed by atoms with Gasteiger partial charge >= 0.3 is 5.97 Å². The summed E-state index contributed by atoms with van der Waals surface area (Å²) in [5.41, 5.74) is 1.25. The number of hydrogen-bond acceptors (Lipinski definition) is 5. The fraction of sp³-hybridized carbons (Fsp3) is 0.200. The number of ketones is 1. The third kappa shape index (κ3) is 4.95. The standard InChI is InChI=1S/C20H16Cl2N2O4S2/c1-23-9-11(14(10-23)18(27)13-5-4-12(21)8-15(13)22)7-16-19(28)24(20(29)30-16)6-2-3-17(25)26/h4-5,7-10H,2-3,6H2,1H3,(H,25,26)/b16-7+. The summed E-state index contributed by atoms with van der Waals surface area (Å²) in [6, 6.07) is 4.65. The number of amides is 1. The van der Waals surface area contributed by atoms with Gasteiger partial charge in [0.25, 0.3) is 5.91 Å². The first-order chi connectivity index (χ1) is 14.2. The van der Waals surface area contributed by atoms with E-state index in [2.05, 4.69) is 0 Å².